The van der Waals surface area contributed by atoms with Crippen LogP contribution in [0.5, 0.6) is 11.5 Å². The monoisotopic (exact) mass is 330 g/mol. The van der Waals surface area contributed by atoms with E-state index in [1.54, 1.807) is 24.3 Å². The van der Waals surface area contributed by atoms with Crippen LogP contribution in [0.4, 0.5) is 0 Å². The lowest BCUT2D eigenvalue weighted by molar-refractivity contribution is -0.433. The van der Waals surface area contributed by atoms with Crippen LogP contribution in [0, 0.1) is 17.0 Å². The van der Waals surface area contributed by atoms with Crippen molar-refractivity contribution in [2.75, 3.05) is 7.05 Å². The van der Waals surface area contributed by atoms with Gasteiger partial charge in [-0.25, -0.2) is 4.79 Å². The maximum atomic E-state index is 12.3. The van der Waals surface area contributed by atoms with Gasteiger partial charge in [-0.15, -0.1) is 0 Å². The Bertz CT molecular complexity index is 915. The fraction of sp³-hybridized carbons (Fsp3) is 0.188. The molecule has 8 nitrogen and oxygen atoms in total. The molecule has 124 valence electrons. The van der Waals surface area contributed by atoms with Crippen molar-refractivity contribution in [3.05, 3.63) is 79.3 Å². The van der Waals surface area contributed by atoms with E-state index < -0.39 is 16.5 Å². The SMILES string of the molecule is CNC1=C([N+](=O)[O-])C(c2c(O)cc(C)oc2=O)c2ccccc2O1. The standard InChI is InChI=1S/C16H14N2O6/c1-8-7-10(19)13(16(20)23-8)12-9-5-3-4-6-11(9)24-15(17-2)14(12)18(21)22/h3-7,12,17,19H,1-2H3. The second-order valence-electron chi connectivity index (χ2n) is 5.24. The third-order valence-electron chi connectivity index (χ3n) is 3.75. The van der Waals surface area contributed by atoms with Crippen molar-refractivity contribution >= 4 is 0 Å². The molecule has 2 N–H and O–H groups in total. The number of rotatable bonds is 3. The Hall–Kier alpha value is -3.29. The summed E-state index contributed by atoms with van der Waals surface area (Å²) >= 11 is 0. The first-order chi connectivity index (χ1) is 11.4. The Morgan fingerprint density at radius 3 is 2.67 bits per heavy atom. The first-order valence-electron chi connectivity index (χ1n) is 7.10. The Morgan fingerprint density at radius 2 is 2.04 bits per heavy atom. The van der Waals surface area contributed by atoms with Gasteiger partial charge < -0.3 is 19.6 Å². The number of hydrogen-bond acceptors (Lipinski definition) is 7. The molecule has 24 heavy (non-hydrogen) atoms. The molecular weight excluding hydrogens is 316 g/mol. The maximum absolute atomic E-state index is 12.3. The van der Waals surface area contributed by atoms with Crippen LogP contribution in [0.15, 0.2) is 51.1 Å². The average Bonchev–Trinajstić information content (AvgIpc) is 2.52. The molecule has 1 unspecified atom stereocenters. The van der Waals surface area contributed by atoms with E-state index >= 15 is 0 Å². The van der Waals surface area contributed by atoms with Gasteiger partial charge in [0.25, 0.3) is 5.88 Å². The lowest BCUT2D eigenvalue weighted by Crippen LogP contribution is -2.30. The van der Waals surface area contributed by atoms with Crippen molar-refractivity contribution in [2.24, 2.45) is 0 Å². The number of nitrogens with zero attached hydrogens (tertiary/aromatic N) is 1. The zero-order valence-electron chi connectivity index (χ0n) is 12.9. The topological polar surface area (TPSA) is 115 Å². The van der Waals surface area contributed by atoms with E-state index in [9.17, 15) is 20.0 Å². The molecule has 0 saturated heterocycles. The minimum atomic E-state index is -1.12. The Labute approximate surface area is 136 Å². The fourth-order valence-corrected chi connectivity index (χ4v) is 2.78. The molecule has 0 amide bonds. The van der Waals surface area contributed by atoms with Gasteiger partial charge in [0.05, 0.1) is 10.5 Å². The van der Waals surface area contributed by atoms with E-state index in [0.29, 0.717) is 11.3 Å². The second-order valence-corrected chi connectivity index (χ2v) is 5.24. The third kappa shape index (κ3) is 2.37. The van der Waals surface area contributed by atoms with Crippen molar-refractivity contribution in [2.45, 2.75) is 12.8 Å². The van der Waals surface area contributed by atoms with Crippen LogP contribution in [0.25, 0.3) is 0 Å². The minimum Gasteiger partial charge on any atom is -0.507 e. The number of allylic oxidation sites excluding steroid dienone is 1. The molecule has 3 rings (SSSR count). The number of benzene rings is 1. The van der Waals surface area contributed by atoms with Crippen LogP contribution in [-0.4, -0.2) is 17.1 Å². The van der Waals surface area contributed by atoms with Gasteiger partial charge in [-0.05, 0) is 13.0 Å². The molecule has 2 aromatic rings. The molecule has 0 saturated carbocycles. The lowest BCUT2D eigenvalue weighted by Gasteiger charge is -2.25. The zero-order chi connectivity index (χ0) is 17.4. The van der Waals surface area contributed by atoms with E-state index in [2.05, 4.69) is 5.32 Å². The van der Waals surface area contributed by atoms with Gasteiger partial charge >= 0.3 is 11.3 Å². The highest BCUT2D eigenvalue weighted by molar-refractivity contribution is 5.52. The summed E-state index contributed by atoms with van der Waals surface area (Å²) in [6.45, 7) is 1.51. The molecule has 1 atom stereocenters. The summed E-state index contributed by atoms with van der Waals surface area (Å²) in [6.07, 6.45) is 0. The molecule has 0 fully saturated rings. The van der Waals surface area contributed by atoms with Crippen LogP contribution >= 0.6 is 0 Å². The highest BCUT2D eigenvalue weighted by atomic mass is 16.6. The summed E-state index contributed by atoms with van der Waals surface area (Å²) in [5, 5.41) is 24.5. The Morgan fingerprint density at radius 1 is 1.33 bits per heavy atom. The number of para-hydroxylation sites is 1. The van der Waals surface area contributed by atoms with Gasteiger partial charge in [0, 0.05) is 18.7 Å². The van der Waals surface area contributed by atoms with Gasteiger partial charge in [0.2, 0.25) is 0 Å². The highest BCUT2D eigenvalue weighted by Crippen LogP contribution is 2.43. The molecular formula is C16H14N2O6. The predicted molar refractivity (Wildman–Crippen MR) is 83.4 cm³/mol. The Balaban J connectivity index is 2.36. The van der Waals surface area contributed by atoms with Gasteiger partial charge in [-0.3, -0.25) is 10.1 Å². The van der Waals surface area contributed by atoms with Crippen LogP contribution in [0.2, 0.25) is 0 Å². The van der Waals surface area contributed by atoms with Gasteiger partial charge in [0.1, 0.15) is 23.2 Å². The van der Waals surface area contributed by atoms with E-state index in [4.69, 9.17) is 9.15 Å². The van der Waals surface area contributed by atoms with Gasteiger partial charge in [-0.1, -0.05) is 18.2 Å². The van der Waals surface area contributed by atoms with Crippen molar-refractivity contribution in [1.82, 2.24) is 5.32 Å². The summed E-state index contributed by atoms with van der Waals surface area (Å²) in [4.78, 5) is 23.3. The number of nitro groups is 1. The van der Waals surface area contributed by atoms with Crippen LogP contribution in [-0.2, 0) is 0 Å². The van der Waals surface area contributed by atoms with E-state index in [1.165, 1.54) is 20.0 Å². The molecule has 1 aliphatic rings. The van der Waals surface area contributed by atoms with Crippen molar-refractivity contribution in [1.29, 1.82) is 0 Å². The molecule has 0 aliphatic carbocycles. The zero-order valence-corrected chi connectivity index (χ0v) is 12.9. The first kappa shape index (κ1) is 15.6. The molecule has 0 radical (unpaired) electrons. The molecule has 0 spiro atoms. The molecule has 1 aliphatic heterocycles. The van der Waals surface area contributed by atoms with Crippen molar-refractivity contribution < 1.29 is 19.2 Å². The average molecular weight is 330 g/mol. The van der Waals surface area contributed by atoms with Crippen LogP contribution in [0.3, 0.4) is 0 Å². The highest BCUT2D eigenvalue weighted by Gasteiger charge is 2.42. The number of fused-ring (bicyclic) bond motifs is 1. The Kier molecular flexibility index (Phi) is 3.72. The van der Waals surface area contributed by atoms with Crippen molar-refractivity contribution in [3.8, 4) is 11.5 Å². The summed E-state index contributed by atoms with van der Waals surface area (Å²) in [5.74, 6) is -1.01. The molecule has 0 bridgehead atoms. The number of hydrogen-bond donors (Lipinski definition) is 2. The summed E-state index contributed by atoms with van der Waals surface area (Å²) < 4.78 is 10.6. The number of aryl methyl sites for hydroxylation is 1. The molecule has 8 heteroatoms. The maximum Gasteiger partial charge on any atom is 0.344 e. The molecule has 1 aromatic carbocycles. The third-order valence-corrected chi connectivity index (χ3v) is 3.75. The van der Waals surface area contributed by atoms with E-state index in [1.807, 2.05) is 0 Å². The number of ether oxygens (including phenoxy) is 1. The lowest BCUT2D eigenvalue weighted by atomic mass is 9.87. The normalized spacial score (nSPS) is 16.3. The number of aromatic hydroxyl groups is 1. The summed E-state index contributed by atoms with van der Waals surface area (Å²) in [6, 6.07) is 7.87. The first-order valence-corrected chi connectivity index (χ1v) is 7.10. The van der Waals surface area contributed by atoms with Crippen molar-refractivity contribution in [3.63, 3.8) is 0 Å². The summed E-state index contributed by atoms with van der Waals surface area (Å²) in [5.41, 5.74) is -1.00. The largest absolute Gasteiger partial charge is 0.507 e. The molecule has 2 heterocycles. The smallest absolute Gasteiger partial charge is 0.344 e. The van der Waals surface area contributed by atoms with Crippen LogP contribution < -0.4 is 15.7 Å². The minimum absolute atomic E-state index is 0.0944. The molecule has 1 aromatic heterocycles. The fourth-order valence-electron chi connectivity index (χ4n) is 2.78. The van der Waals surface area contributed by atoms with E-state index in [-0.39, 0.29) is 28.7 Å². The quantitative estimate of drug-likeness (QED) is 0.652. The number of nitrogens with one attached hydrogen (secondary N) is 1. The van der Waals surface area contributed by atoms with Gasteiger partial charge in [0.15, 0.2) is 0 Å². The van der Waals surface area contributed by atoms with Gasteiger partial charge in [-0.2, -0.15) is 0 Å². The predicted octanol–water partition coefficient (Wildman–Crippen LogP) is 1.84. The van der Waals surface area contributed by atoms with Crippen LogP contribution in [0.1, 0.15) is 22.8 Å². The van der Waals surface area contributed by atoms with E-state index in [0.717, 1.165) is 0 Å². The second kappa shape index (κ2) is 5.73. The summed E-state index contributed by atoms with van der Waals surface area (Å²) in [7, 11) is 1.47.